The van der Waals surface area contributed by atoms with Crippen molar-refractivity contribution in [1.82, 2.24) is 5.32 Å². The Hall–Kier alpha value is -0.0400. The van der Waals surface area contributed by atoms with Crippen LogP contribution >= 0.6 is 0 Å². The molecular formula is C12H25N. The molecule has 78 valence electrons. The van der Waals surface area contributed by atoms with Crippen LogP contribution in [0.3, 0.4) is 0 Å². The summed E-state index contributed by atoms with van der Waals surface area (Å²) in [7, 11) is 2.13. The van der Waals surface area contributed by atoms with Gasteiger partial charge < -0.3 is 5.32 Å². The molecule has 1 N–H and O–H groups in total. The van der Waals surface area contributed by atoms with Gasteiger partial charge in [-0.25, -0.2) is 0 Å². The van der Waals surface area contributed by atoms with E-state index >= 15 is 0 Å². The van der Waals surface area contributed by atoms with Gasteiger partial charge in [-0.15, -0.1) is 0 Å². The minimum atomic E-state index is 0.780. The van der Waals surface area contributed by atoms with Crippen LogP contribution in [0.15, 0.2) is 0 Å². The van der Waals surface area contributed by atoms with Gasteiger partial charge in [0, 0.05) is 6.04 Å². The van der Waals surface area contributed by atoms with E-state index in [2.05, 4.69) is 26.2 Å². The van der Waals surface area contributed by atoms with Crippen LogP contribution in [0.1, 0.15) is 52.4 Å². The fraction of sp³-hybridized carbons (Fsp3) is 1.00. The van der Waals surface area contributed by atoms with E-state index in [4.69, 9.17) is 0 Å². The Morgan fingerprint density at radius 3 is 2.38 bits per heavy atom. The molecule has 0 bridgehead atoms. The van der Waals surface area contributed by atoms with Crippen molar-refractivity contribution in [3.8, 4) is 0 Å². The van der Waals surface area contributed by atoms with Crippen LogP contribution in [0.2, 0.25) is 0 Å². The summed E-state index contributed by atoms with van der Waals surface area (Å²) in [5.41, 5.74) is 0. The molecular weight excluding hydrogens is 158 g/mol. The minimum absolute atomic E-state index is 0.780. The second-order valence-electron chi connectivity index (χ2n) is 4.62. The molecule has 2 unspecified atom stereocenters. The number of rotatable bonds is 5. The van der Waals surface area contributed by atoms with Crippen molar-refractivity contribution in [2.75, 3.05) is 7.05 Å². The van der Waals surface area contributed by atoms with Gasteiger partial charge in [0.2, 0.25) is 0 Å². The molecule has 0 spiro atoms. The minimum Gasteiger partial charge on any atom is -0.316 e. The van der Waals surface area contributed by atoms with E-state index in [9.17, 15) is 0 Å². The molecule has 1 aliphatic carbocycles. The summed E-state index contributed by atoms with van der Waals surface area (Å²) >= 11 is 0. The molecule has 0 aromatic rings. The molecule has 1 heteroatoms. The third kappa shape index (κ3) is 2.98. The third-order valence-corrected chi connectivity index (χ3v) is 3.60. The first kappa shape index (κ1) is 11.0. The maximum Gasteiger partial charge on any atom is 0.0118 e. The van der Waals surface area contributed by atoms with E-state index in [-0.39, 0.29) is 0 Å². The van der Waals surface area contributed by atoms with E-state index in [0.717, 1.165) is 17.9 Å². The standard InChI is InChI=1S/C12H25N/c1-4-7-10(2)12(13-3)11-8-5-6-9-11/h10-13H,4-9H2,1-3H3. The first-order chi connectivity index (χ1) is 6.29. The van der Waals surface area contributed by atoms with Gasteiger partial charge in [-0.2, -0.15) is 0 Å². The van der Waals surface area contributed by atoms with Gasteiger partial charge in [-0.05, 0) is 38.1 Å². The lowest BCUT2D eigenvalue weighted by atomic mass is 9.86. The van der Waals surface area contributed by atoms with Crippen LogP contribution in [-0.4, -0.2) is 13.1 Å². The van der Waals surface area contributed by atoms with Crippen LogP contribution in [0, 0.1) is 11.8 Å². The zero-order valence-corrected chi connectivity index (χ0v) is 9.47. The summed E-state index contributed by atoms with van der Waals surface area (Å²) in [4.78, 5) is 0. The maximum atomic E-state index is 3.53. The Kier molecular flexibility index (Phi) is 4.79. The second-order valence-corrected chi connectivity index (χ2v) is 4.62. The fourth-order valence-corrected chi connectivity index (χ4v) is 2.94. The van der Waals surface area contributed by atoms with Crippen molar-refractivity contribution < 1.29 is 0 Å². The molecule has 0 amide bonds. The van der Waals surface area contributed by atoms with E-state index in [0.29, 0.717) is 0 Å². The third-order valence-electron chi connectivity index (χ3n) is 3.60. The van der Waals surface area contributed by atoms with Gasteiger partial charge in [-0.3, -0.25) is 0 Å². The van der Waals surface area contributed by atoms with Crippen molar-refractivity contribution in [3.63, 3.8) is 0 Å². The van der Waals surface area contributed by atoms with Crippen LogP contribution in [0.4, 0.5) is 0 Å². The lowest BCUT2D eigenvalue weighted by Crippen LogP contribution is -2.38. The van der Waals surface area contributed by atoms with Crippen molar-refractivity contribution in [2.24, 2.45) is 11.8 Å². The van der Waals surface area contributed by atoms with Crippen LogP contribution in [0.25, 0.3) is 0 Å². The van der Waals surface area contributed by atoms with E-state index in [1.54, 1.807) is 0 Å². The lowest BCUT2D eigenvalue weighted by Gasteiger charge is -2.28. The molecule has 0 aromatic heterocycles. The Morgan fingerprint density at radius 2 is 1.92 bits per heavy atom. The predicted molar refractivity (Wildman–Crippen MR) is 58.9 cm³/mol. The Morgan fingerprint density at radius 1 is 1.31 bits per heavy atom. The molecule has 1 fully saturated rings. The van der Waals surface area contributed by atoms with Crippen molar-refractivity contribution >= 4 is 0 Å². The summed E-state index contributed by atoms with van der Waals surface area (Å²) in [6.45, 7) is 4.70. The largest absolute Gasteiger partial charge is 0.316 e. The van der Waals surface area contributed by atoms with Crippen molar-refractivity contribution in [1.29, 1.82) is 0 Å². The average molecular weight is 183 g/mol. The Labute approximate surface area is 83.3 Å². The molecule has 1 rings (SSSR count). The number of hydrogen-bond donors (Lipinski definition) is 1. The normalized spacial score (nSPS) is 23.3. The van der Waals surface area contributed by atoms with Gasteiger partial charge in [0.25, 0.3) is 0 Å². The Bertz CT molecular complexity index is 127. The highest BCUT2D eigenvalue weighted by atomic mass is 14.9. The molecule has 1 saturated carbocycles. The SMILES string of the molecule is CCCC(C)C(NC)C1CCCC1. The summed E-state index contributed by atoms with van der Waals surface area (Å²) in [6.07, 6.45) is 8.54. The summed E-state index contributed by atoms with van der Waals surface area (Å²) in [5, 5.41) is 3.53. The molecule has 13 heavy (non-hydrogen) atoms. The highest BCUT2D eigenvalue weighted by Gasteiger charge is 2.27. The summed E-state index contributed by atoms with van der Waals surface area (Å²) in [6, 6.07) is 0.780. The topological polar surface area (TPSA) is 12.0 Å². The molecule has 2 atom stereocenters. The smallest absolute Gasteiger partial charge is 0.0118 e. The van der Waals surface area contributed by atoms with Crippen LogP contribution in [-0.2, 0) is 0 Å². The molecule has 0 aliphatic heterocycles. The van der Waals surface area contributed by atoms with E-state index in [1.165, 1.54) is 38.5 Å². The zero-order valence-electron chi connectivity index (χ0n) is 9.47. The molecule has 0 radical (unpaired) electrons. The first-order valence-corrected chi connectivity index (χ1v) is 5.96. The number of hydrogen-bond acceptors (Lipinski definition) is 1. The summed E-state index contributed by atoms with van der Waals surface area (Å²) in [5.74, 6) is 1.82. The predicted octanol–water partition coefficient (Wildman–Crippen LogP) is 3.20. The van der Waals surface area contributed by atoms with E-state index in [1.807, 2.05) is 0 Å². The van der Waals surface area contributed by atoms with E-state index < -0.39 is 0 Å². The van der Waals surface area contributed by atoms with Crippen molar-refractivity contribution in [2.45, 2.75) is 58.4 Å². The van der Waals surface area contributed by atoms with Crippen LogP contribution in [0.5, 0.6) is 0 Å². The zero-order chi connectivity index (χ0) is 9.68. The monoisotopic (exact) mass is 183 g/mol. The second kappa shape index (κ2) is 5.64. The summed E-state index contributed by atoms with van der Waals surface area (Å²) < 4.78 is 0. The van der Waals surface area contributed by atoms with Crippen LogP contribution < -0.4 is 5.32 Å². The molecule has 0 aromatic carbocycles. The van der Waals surface area contributed by atoms with Gasteiger partial charge >= 0.3 is 0 Å². The van der Waals surface area contributed by atoms with Gasteiger partial charge in [-0.1, -0.05) is 33.1 Å². The van der Waals surface area contributed by atoms with Gasteiger partial charge in [0.15, 0.2) is 0 Å². The molecule has 1 aliphatic rings. The highest BCUT2D eigenvalue weighted by Crippen LogP contribution is 2.31. The van der Waals surface area contributed by atoms with Gasteiger partial charge in [0.1, 0.15) is 0 Å². The quantitative estimate of drug-likeness (QED) is 0.690. The molecule has 0 saturated heterocycles. The average Bonchev–Trinajstić information content (AvgIpc) is 2.59. The maximum absolute atomic E-state index is 3.53. The van der Waals surface area contributed by atoms with Crippen molar-refractivity contribution in [3.05, 3.63) is 0 Å². The van der Waals surface area contributed by atoms with Gasteiger partial charge in [0.05, 0.1) is 0 Å². The Balaban J connectivity index is 2.39. The molecule has 0 heterocycles. The molecule has 1 nitrogen and oxygen atoms in total. The fourth-order valence-electron chi connectivity index (χ4n) is 2.94. The number of nitrogens with one attached hydrogen (secondary N) is 1. The first-order valence-electron chi connectivity index (χ1n) is 5.96. The lowest BCUT2D eigenvalue weighted by molar-refractivity contribution is 0.273. The highest BCUT2D eigenvalue weighted by molar-refractivity contribution is 4.83.